The molecule has 266 valence electrons. The zero-order valence-corrected chi connectivity index (χ0v) is 24.6. The zero-order chi connectivity index (χ0) is 36.1. The normalized spacial score (nSPS) is 19.9. The minimum atomic E-state index is -5.08. The Kier molecular flexibility index (Phi) is 15.6. The molecule has 47 heavy (non-hydrogen) atoms. The summed E-state index contributed by atoms with van der Waals surface area (Å²) < 4.78 is 107. The number of aliphatic carboxylic acids is 3. The summed E-state index contributed by atoms with van der Waals surface area (Å²) in [4.78, 5) is 36.0. The number of carbonyl (C=O) groups is 3. The molecule has 4 rings (SSSR count). The van der Waals surface area contributed by atoms with E-state index in [1.807, 2.05) is 24.7 Å². The highest BCUT2D eigenvalue weighted by atomic mass is 19.4. The Hall–Kier alpha value is -3.91. The predicted octanol–water partition coefficient (Wildman–Crippen LogP) is 4.94. The number of hydrogen-bond acceptors (Lipinski definition) is 8. The van der Waals surface area contributed by atoms with Crippen molar-refractivity contribution in [2.75, 3.05) is 39.3 Å². The molecule has 4 heterocycles. The SMILES string of the molecule is CCN1C[C@H](COCc2cccnc2)[C@]2(CCN(Cc3ccoc3)C2)C1.O=C(O)C(F)(F)F.O=C(O)C(F)(F)F.O=C(O)C(F)(F)F. The number of ether oxygens (including phenoxy) is 1. The Morgan fingerprint density at radius 1 is 0.915 bits per heavy atom. The van der Waals surface area contributed by atoms with E-state index in [-0.39, 0.29) is 0 Å². The van der Waals surface area contributed by atoms with Crippen molar-refractivity contribution >= 4 is 17.9 Å². The number of aromatic nitrogens is 1. The van der Waals surface area contributed by atoms with Crippen LogP contribution in [0.15, 0.2) is 47.5 Å². The van der Waals surface area contributed by atoms with Crippen molar-refractivity contribution in [3.63, 3.8) is 0 Å². The number of rotatable bonds is 7. The van der Waals surface area contributed by atoms with Crippen LogP contribution in [0.1, 0.15) is 24.5 Å². The standard InChI is InChI=1S/C21H29N3O2.3C2HF3O2/c1-2-23-12-20(15-26-13-18-4-3-7-22-10-18)21(16-23)6-8-24(17-21)11-19-5-9-25-14-19;3*3-2(4,5)1(6)7/h3-5,7,9-10,14,20H,2,6,8,11-13,15-17H2,1H3;3*(H,6,7)/t20-,21-;;;/m1.../s1. The molecule has 2 aromatic rings. The van der Waals surface area contributed by atoms with E-state index in [0.717, 1.165) is 38.3 Å². The number of likely N-dealkylation sites (tertiary alicyclic amines) is 2. The van der Waals surface area contributed by atoms with Crippen LogP contribution in [0.25, 0.3) is 0 Å². The monoisotopic (exact) mass is 697 g/mol. The van der Waals surface area contributed by atoms with E-state index in [4.69, 9.17) is 38.9 Å². The Bertz CT molecular complexity index is 1190. The van der Waals surface area contributed by atoms with E-state index in [1.165, 1.54) is 25.1 Å². The highest BCUT2D eigenvalue weighted by molar-refractivity contribution is 5.73. The third kappa shape index (κ3) is 15.0. The second kappa shape index (κ2) is 17.9. The summed E-state index contributed by atoms with van der Waals surface area (Å²) in [7, 11) is 0. The largest absolute Gasteiger partial charge is 0.490 e. The molecule has 0 radical (unpaired) electrons. The molecule has 0 unspecified atom stereocenters. The van der Waals surface area contributed by atoms with Gasteiger partial charge in [-0.25, -0.2) is 14.4 Å². The molecular weight excluding hydrogens is 665 g/mol. The van der Waals surface area contributed by atoms with Crippen molar-refractivity contribution in [2.24, 2.45) is 11.3 Å². The summed E-state index contributed by atoms with van der Waals surface area (Å²) in [5.74, 6) is -7.67. The molecule has 0 bridgehead atoms. The molecule has 3 N–H and O–H groups in total. The van der Waals surface area contributed by atoms with Gasteiger partial charge in [0.25, 0.3) is 0 Å². The Morgan fingerprint density at radius 3 is 1.87 bits per heavy atom. The van der Waals surface area contributed by atoms with Crippen LogP contribution in [0.3, 0.4) is 0 Å². The van der Waals surface area contributed by atoms with Crippen molar-refractivity contribution in [2.45, 2.75) is 45.0 Å². The zero-order valence-electron chi connectivity index (χ0n) is 24.6. The molecule has 0 aliphatic carbocycles. The maximum Gasteiger partial charge on any atom is 0.490 e. The topological polar surface area (TPSA) is 154 Å². The first kappa shape index (κ1) is 41.1. The van der Waals surface area contributed by atoms with Crippen LogP contribution in [0, 0.1) is 11.3 Å². The Morgan fingerprint density at radius 2 is 1.45 bits per heavy atom. The van der Waals surface area contributed by atoms with Crippen LogP contribution in [0.2, 0.25) is 0 Å². The van der Waals surface area contributed by atoms with E-state index in [0.29, 0.717) is 17.9 Å². The van der Waals surface area contributed by atoms with E-state index in [1.54, 1.807) is 6.26 Å². The highest BCUT2D eigenvalue weighted by Gasteiger charge is 2.50. The smallest absolute Gasteiger partial charge is 0.475 e. The summed E-state index contributed by atoms with van der Waals surface area (Å²) in [6, 6.07) is 6.13. The average Bonchev–Trinajstić information content (AvgIpc) is 3.70. The van der Waals surface area contributed by atoms with Crippen molar-refractivity contribution in [3.8, 4) is 0 Å². The quantitative estimate of drug-likeness (QED) is 0.338. The van der Waals surface area contributed by atoms with Gasteiger partial charge >= 0.3 is 36.4 Å². The van der Waals surface area contributed by atoms with Crippen LogP contribution < -0.4 is 0 Å². The number of pyridine rings is 1. The van der Waals surface area contributed by atoms with Crippen molar-refractivity contribution in [3.05, 3.63) is 54.2 Å². The summed E-state index contributed by atoms with van der Waals surface area (Å²) >= 11 is 0. The molecule has 2 aliphatic rings. The number of halogens is 9. The fourth-order valence-corrected chi connectivity index (χ4v) is 4.64. The highest BCUT2D eigenvalue weighted by Crippen LogP contribution is 2.44. The first-order valence-corrected chi connectivity index (χ1v) is 13.4. The Balaban J connectivity index is 0.000000430. The lowest BCUT2D eigenvalue weighted by Crippen LogP contribution is -2.36. The van der Waals surface area contributed by atoms with Crippen LogP contribution in [-0.4, -0.2) is 106 Å². The molecule has 2 saturated heterocycles. The number of nitrogens with zero attached hydrogens (tertiary/aromatic N) is 3. The second-order valence-electron chi connectivity index (χ2n) is 10.3. The van der Waals surface area contributed by atoms with E-state index in [2.05, 4.69) is 33.8 Å². The minimum absolute atomic E-state index is 0.370. The van der Waals surface area contributed by atoms with Gasteiger partial charge < -0.3 is 29.4 Å². The van der Waals surface area contributed by atoms with Gasteiger partial charge in [-0.05, 0) is 37.2 Å². The molecule has 0 saturated carbocycles. The van der Waals surface area contributed by atoms with E-state index in [9.17, 15) is 39.5 Å². The molecule has 0 aromatic carbocycles. The fraction of sp³-hybridized carbons (Fsp3) is 0.556. The molecule has 2 aromatic heterocycles. The average molecular weight is 698 g/mol. The van der Waals surface area contributed by atoms with Gasteiger partial charge in [0, 0.05) is 55.5 Å². The van der Waals surface area contributed by atoms with E-state index < -0.39 is 36.4 Å². The third-order valence-electron chi connectivity index (χ3n) is 6.82. The number of carboxylic acids is 3. The molecule has 0 amide bonds. The molecule has 2 aliphatic heterocycles. The van der Waals surface area contributed by atoms with Gasteiger partial charge in [0.1, 0.15) is 0 Å². The van der Waals surface area contributed by atoms with Crippen molar-refractivity contribution < 1.29 is 78.4 Å². The minimum Gasteiger partial charge on any atom is -0.475 e. The summed E-state index contributed by atoms with van der Waals surface area (Å²) in [6.07, 6.45) is -6.65. The molecule has 11 nitrogen and oxygen atoms in total. The molecule has 2 atom stereocenters. The summed E-state index contributed by atoms with van der Waals surface area (Å²) in [6.45, 7) is 10.6. The maximum atomic E-state index is 10.6. The molecular formula is C27H32F9N3O8. The van der Waals surface area contributed by atoms with Crippen molar-refractivity contribution in [1.82, 2.24) is 14.8 Å². The first-order chi connectivity index (χ1) is 21.6. The third-order valence-corrected chi connectivity index (χ3v) is 6.82. The number of hydrogen-bond donors (Lipinski definition) is 3. The summed E-state index contributed by atoms with van der Waals surface area (Å²) in [5.41, 5.74) is 2.80. The summed E-state index contributed by atoms with van der Waals surface area (Å²) in [5, 5.41) is 21.4. The number of furan rings is 1. The van der Waals surface area contributed by atoms with Crippen LogP contribution >= 0.6 is 0 Å². The molecule has 20 heteroatoms. The fourth-order valence-electron chi connectivity index (χ4n) is 4.64. The second-order valence-corrected chi connectivity index (χ2v) is 10.3. The lowest BCUT2D eigenvalue weighted by atomic mass is 9.77. The van der Waals surface area contributed by atoms with Gasteiger partial charge in [0.05, 0.1) is 25.7 Å². The van der Waals surface area contributed by atoms with Crippen LogP contribution in [0.5, 0.6) is 0 Å². The number of alkyl halides is 9. The van der Waals surface area contributed by atoms with Crippen molar-refractivity contribution in [1.29, 1.82) is 0 Å². The molecule has 2 fully saturated rings. The lowest BCUT2D eigenvalue weighted by molar-refractivity contribution is -0.193. The van der Waals surface area contributed by atoms with Gasteiger partial charge in [0.2, 0.25) is 0 Å². The lowest BCUT2D eigenvalue weighted by Gasteiger charge is -2.30. The maximum absolute atomic E-state index is 10.6. The van der Waals surface area contributed by atoms with Crippen LogP contribution in [0.4, 0.5) is 39.5 Å². The van der Waals surface area contributed by atoms with Gasteiger partial charge in [-0.3, -0.25) is 9.88 Å². The Labute approximate surface area is 261 Å². The first-order valence-electron chi connectivity index (χ1n) is 13.4. The van der Waals surface area contributed by atoms with E-state index >= 15 is 0 Å². The van der Waals surface area contributed by atoms with Crippen LogP contribution in [-0.2, 0) is 32.3 Å². The van der Waals surface area contributed by atoms with Gasteiger partial charge in [0.15, 0.2) is 0 Å². The van der Waals surface area contributed by atoms with Gasteiger partial charge in [-0.1, -0.05) is 13.0 Å². The molecule has 1 spiro atoms. The van der Waals surface area contributed by atoms with Gasteiger partial charge in [-0.2, -0.15) is 39.5 Å². The number of carboxylic acid groups (broad SMARTS) is 3. The van der Waals surface area contributed by atoms with Gasteiger partial charge in [-0.15, -0.1) is 0 Å². The predicted molar refractivity (Wildman–Crippen MR) is 142 cm³/mol.